The molecule has 2 aromatic rings. The molecule has 1 aromatic carbocycles. The summed E-state index contributed by atoms with van der Waals surface area (Å²) in [7, 11) is 0. The molecule has 1 aliphatic rings. The van der Waals surface area contributed by atoms with E-state index in [1.165, 1.54) is 6.08 Å². The number of nitrogens with zero attached hydrogens (tertiary/aromatic N) is 3. The molecular weight excluding hydrogens is 394 g/mol. The van der Waals surface area contributed by atoms with Gasteiger partial charge in [-0.05, 0) is 31.1 Å². The van der Waals surface area contributed by atoms with Crippen LogP contribution in [0.4, 0.5) is 0 Å². The molecule has 1 aliphatic heterocycles. The van der Waals surface area contributed by atoms with Crippen LogP contribution in [0.25, 0.3) is 6.08 Å². The summed E-state index contributed by atoms with van der Waals surface area (Å²) < 4.78 is 6.83. The second kappa shape index (κ2) is 8.61. The van der Waals surface area contributed by atoms with Crippen molar-refractivity contribution in [2.45, 2.75) is 27.3 Å². The zero-order valence-electron chi connectivity index (χ0n) is 16.5. The predicted octanol–water partition coefficient (Wildman–Crippen LogP) is 3.35. The minimum absolute atomic E-state index is 0.00195. The quantitative estimate of drug-likeness (QED) is 0.393. The average Bonchev–Trinajstić information content (AvgIpc) is 3.07. The minimum Gasteiger partial charge on any atom is -0.461 e. The van der Waals surface area contributed by atoms with E-state index in [4.69, 9.17) is 16.3 Å². The van der Waals surface area contributed by atoms with Gasteiger partial charge in [-0.3, -0.25) is 19.2 Å². The molecule has 0 spiro atoms. The molecule has 0 atom stereocenters. The summed E-state index contributed by atoms with van der Waals surface area (Å²) in [5.74, 6) is -0.959. The van der Waals surface area contributed by atoms with Crippen molar-refractivity contribution in [2.24, 2.45) is 5.92 Å². The number of aromatic nitrogens is 2. The third-order valence-electron chi connectivity index (χ3n) is 4.47. The Morgan fingerprint density at radius 3 is 2.41 bits per heavy atom. The maximum absolute atomic E-state index is 12.3. The molecule has 7 nitrogen and oxygen atoms in total. The normalized spacial score (nSPS) is 13.6. The van der Waals surface area contributed by atoms with Gasteiger partial charge in [-0.25, -0.2) is 4.79 Å². The number of benzene rings is 1. The van der Waals surface area contributed by atoms with Crippen molar-refractivity contribution in [3.63, 3.8) is 0 Å². The summed E-state index contributed by atoms with van der Waals surface area (Å²) in [6.07, 6.45) is 2.82. The van der Waals surface area contributed by atoms with Gasteiger partial charge in [0.25, 0.3) is 11.8 Å². The first-order valence-corrected chi connectivity index (χ1v) is 9.70. The van der Waals surface area contributed by atoms with Gasteiger partial charge in [0, 0.05) is 18.2 Å². The summed E-state index contributed by atoms with van der Waals surface area (Å²) in [6, 6.07) is 6.62. The number of imide groups is 1. The Balaban J connectivity index is 1.56. The highest BCUT2D eigenvalue weighted by Gasteiger charge is 2.34. The van der Waals surface area contributed by atoms with Crippen LogP contribution in [-0.2, 0) is 16.1 Å². The molecule has 0 radical (unpaired) electrons. The fourth-order valence-corrected chi connectivity index (χ4v) is 3.41. The van der Waals surface area contributed by atoms with E-state index in [0.29, 0.717) is 40.0 Å². The van der Waals surface area contributed by atoms with E-state index in [0.717, 1.165) is 4.90 Å². The van der Waals surface area contributed by atoms with E-state index in [-0.39, 0.29) is 25.0 Å². The number of hydrogen-bond acceptors (Lipinski definition) is 5. The van der Waals surface area contributed by atoms with Gasteiger partial charge < -0.3 is 4.74 Å². The second-order valence-corrected chi connectivity index (χ2v) is 7.53. The van der Waals surface area contributed by atoms with Crippen LogP contribution in [-0.4, -0.2) is 45.6 Å². The van der Waals surface area contributed by atoms with Crippen LogP contribution in [0.3, 0.4) is 0 Å². The monoisotopic (exact) mass is 415 g/mol. The van der Waals surface area contributed by atoms with Gasteiger partial charge in [0.2, 0.25) is 0 Å². The van der Waals surface area contributed by atoms with Crippen LogP contribution >= 0.6 is 11.6 Å². The Labute approximate surface area is 173 Å². The zero-order chi connectivity index (χ0) is 21.1. The molecule has 0 aliphatic carbocycles. The van der Waals surface area contributed by atoms with Crippen LogP contribution in [0.5, 0.6) is 0 Å². The number of esters is 1. The van der Waals surface area contributed by atoms with Crippen LogP contribution < -0.4 is 0 Å². The van der Waals surface area contributed by atoms with E-state index >= 15 is 0 Å². The van der Waals surface area contributed by atoms with Crippen molar-refractivity contribution in [3.8, 4) is 0 Å². The Kier molecular flexibility index (Phi) is 6.17. The van der Waals surface area contributed by atoms with Crippen LogP contribution in [0.15, 0.2) is 30.3 Å². The first kappa shape index (κ1) is 20.8. The summed E-state index contributed by atoms with van der Waals surface area (Å²) >= 11 is 6.34. The van der Waals surface area contributed by atoms with Gasteiger partial charge in [0.15, 0.2) is 0 Å². The van der Waals surface area contributed by atoms with Crippen molar-refractivity contribution in [1.82, 2.24) is 14.7 Å². The lowest BCUT2D eigenvalue weighted by Gasteiger charge is -2.13. The number of ether oxygens (including phenoxy) is 1. The van der Waals surface area contributed by atoms with Crippen LogP contribution in [0.1, 0.15) is 45.8 Å². The fraction of sp³-hybridized carbons (Fsp3) is 0.333. The molecule has 0 saturated carbocycles. The SMILES string of the molecule is Cc1nn(CC(C)C)c(Cl)c1/C=C/C(=O)OCCN1C(=O)c2ccccc2C1=O. The summed E-state index contributed by atoms with van der Waals surface area (Å²) in [4.78, 5) is 37.6. The molecule has 1 aromatic heterocycles. The van der Waals surface area contributed by atoms with Gasteiger partial charge in [-0.15, -0.1) is 0 Å². The van der Waals surface area contributed by atoms with E-state index in [1.807, 2.05) is 6.92 Å². The highest BCUT2D eigenvalue weighted by atomic mass is 35.5. The van der Waals surface area contributed by atoms with E-state index in [1.54, 1.807) is 35.0 Å². The molecule has 0 saturated heterocycles. The lowest BCUT2D eigenvalue weighted by molar-refractivity contribution is -0.137. The van der Waals surface area contributed by atoms with Crippen molar-refractivity contribution in [3.05, 3.63) is 57.9 Å². The maximum atomic E-state index is 12.3. The molecule has 3 rings (SSSR count). The van der Waals surface area contributed by atoms with Crippen molar-refractivity contribution >= 4 is 35.5 Å². The summed E-state index contributed by atoms with van der Waals surface area (Å²) in [6.45, 7) is 6.53. The Bertz CT molecular complexity index is 959. The number of amides is 2. The van der Waals surface area contributed by atoms with E-state index in [2.05, 4.69) is 18.9 Å². The highest BCUT2D eigenvalue weighted by Crippen LogP contribution is 2.23. The van der Waals surface area contributed by atoms with Crippen LogP contribution in [0.2, 0.25) is 5.15 Å². The molecule has 0 unspecified atom stereocenters. The molecule has 0 N–H and O–H groups in total. The lowest BCUT2D eigenvalue weighted by atomic mass is 10.1. The second-order valence-electron chi connectivity index (χ2n) is 7.17. The number of hydrogen-bond donors (Lipinski definition) is 0. The first-order valence-electron chi connectivity index (χ1n) is 9.32. The maximum Gasteiger partial charge on any atom is 0.330 e. The van der Waals surface area contributed by atoms with Crippen LogP contribution in [0, 0.1) is 12.8 Å². The molecule has 0 bridgehead atoms. The molecule has 0 fully saturated rings. The number of rotatable bonds is 7. The topological polar surface area (TPSA) is 81.5 Å². The highest BCUT2D eigenvalue weighted by molar-refractivity contribution is 6.31. The Morgan fingerprint density at radius 2 is 1.83 bits per heavy atom. The molecule has 2 heterocycles. The third-order valence-corrected chi connectivity index (χ3v) is 4.87. The molecule has 152 valence electrons. The molecule has 2 amide bonds. The van der Waals surface area contributed by atoms with Crippen molar-refractivity contribution in [1.29, 1.82) is 0 Å². The van der Waals surface area contributed by atoms with E-state index in [9.17, 15) is 14.4 Å². The molecule has 29 heavy (non-hydrogen) atoms. The standard InChI is InChI=1S/C21H22ClN3O4/c1-13(2)12-25-19(22)15(14(3)23-25)8-9-18(26)29-11-10-24-20(27)16-6-4-5-7-17(16)21(24)28/h4-9,13H,10-12H2,1-3H3/b9-8+. The molecular formula is C21H22ClN3O4. The predicted molar refractivity (Wildman–Crippen MR) is 109 cm³/mol. The van der Waals surface area contributed by atoms with Gasteiger partial charge in [-0.1, -0.05) is 37.6 Å². The first-order chi connectivity index (χ1) is 13.8. The fourth-order valence-electron chi connectivity index (χ4n) is 3.10. The Morgan fingerprint density at radius 1 is 1.21 bits per heavy atom. The van der Waals surface area contributed by atoms with Gasteiger partial charge in [-0.2, -0.15) is 5.10 Å². The number of fused-ring (bicyclic) bond motifs is 1. The van der Waals surface area contributed by atoms with Crippen molar-refractivity contribution in [2.75, 3.05) is 13.2 Å². The van der Waals surface area contributed by atoms with Gasteiger partial charge >= 0.3 is 5.97 Å². The number of halogens is 1. The van der Waals surface area contributed by atoms with E-state index < -0.39 is 5.97 Å². The van der Waals surface area contributed by atoms with Crippen molar-refractivity contribution < 1.29 is 19.1 Å². The number of aryl methyl sites for hydroxylation is 1. The van der Waals surface area contributed by atoms with Gasteiger partial charge in [0.1, 0.15) is 11.8 Å². The zero-order valence-corrected chi connectivity index (χ0v) is 17.3. The third kappa shape index (κ3) is 4.40. The average molecular weight is 416 g/mol. The summed E-state index contributed by atoms with van der Waals surface area (Å²) in [5, 5.41) is 4.84. The largest absolute Gasteiger partial charge is 0.461 e. The number of carbonyl (C=O) groups is 3. The smallest absolute Gasteiger partial charge is 0.330 e. The minimum atomic E-state index is -0.589. The number of carbonyl (C=O) groups excluding carboxylic acids is 3. The van der Waals surface area contributed by atoms with Gasteiger partial charge in [0.05, 0.1) is 23.4 Å². The Hall–Kier alpha value is -2.93. The lowest BCUT2D eigenvalue weighted by Crippen LogP contribution is -2.33. The molecule has 8 heteroatoms. The summed E-state index contributed by atoms with van der Waals surface area (Å²) in [5.41, 5.74) is 2.11.